The van der Waals surface area contributed by atoms with Gasteiger partial charge in [0.1, 0.15) is 5.82 Å². The number of nitrogens with zero attached hydrogens (tertiary/aromatic N) is 2. The van der Waals surface area contributed by atoms with Gasteiger partial charge in [0.2, 0.25) is 0 Å². The fourth-order valence-electron chi connectivity index (χ4n) is 3.31. The van der Waals surface area contributed by atoms with Crippen molar-refractivity contribution in [3.8, 4) is 0 Å². The zero-order valence-electron chi connectivity index (χ0n) is 16.7. The summed E-state index contributed by atoms with van der Waals surface area (Å²) in [6.07, 6.45) is 1.08. The van der Waals surface area contributed by atoms with E-state index in [1.165, 1.54) is 0 Å². The zero-order chi connectivity index (χ0) is 20.6. The summed E-state index contributed by atoms with van der Waals surface area (Å²) in [6, 6.07) is 12.9. The first kappa shape index (κ1) is 21.4. The first-order valence-corrected chi connectivity index (χ1v) is 10.4. The lowest BCUT2D eigenvalue weighted by Gasteiger charge is -2.31. The molecule has 1 aliphatic heterocycles. The number of halogens is 2. The Labute approximate surface area is 176 Å². The van der Waals surface area contributed by atoms with Gasteiger partial charge in [-0.05, 0) is 55.2 Å². The molecule has 2 aromatic rings. The quantitative estimate of drug-likeness (QED) is 0.494. The van der Waals surface area contributed by atoms with Crippen LogP contribution in [0.3, 0.4) is 0 Å². The van der Waals surface area contributed by atoms with Crippen molar-refractivity contribution in [1.29, 1.82) is 0 Å². The number of anilines is 1. The Morgan fingerprint density at radius 3 is 2.48 bits per heavy atom. The van der Waals surface area contributed by atoms with Gasteiger partial charge >= 0.3 is 0 Å². The first-order chi connectivity index (χ1) is 14.0. The van der Waals surface area contributed by atoms with E-state index < -0.39 is 0 Å². The normalized spacial score (nSPS) is 15.4. The van der Waals surface area contributed by atoms with Crippen molar-refractivity contribution in [3.63, 3.8) is 0 Å². The van der Waals surface area contributed by atoms with E-state index >= 15 is 0 Å². The van der Waals surface area contributed by atoms with Gasteiger partial charge in [0.05, 0.1) is 18.3 Å². The molecule has 3 N–H and O–H groups in total. The molecule has 0 aliphatic carbocycles. The van der Waals surface area contributed by atoms with Crippen molar-refractivity contribution >= 4 is 23.2 Å². The number of rotatable bonds is 6. The summed E-state index contributed by atoms with van der Waals surface area (Å²) < 4.78 is 14.6. The third kappa shape index (κ3) is 6.34. The maximum Gasteiger partial charge on any atom is 0.191 e. The summed E-state index contributed by atoms with van der Waals surface area (Å²) in [5, 5.41) is 16.8. The van der Waals surface area contributed by atoms with Crippen LogP contribution in [0.1, 0.15) is 30.9 Å². The van der Waals surface area contributed by atoms with Gasteiger partial charge in [-0.15, -0.1) is 0 Å². The Hall–Kier alpha value is -2.31. The van der Waals surface area contributed by atoms with Crippen LogP contribution in [0, 0.1) is 5.82 Å². The van der Waals surface area contributed by atoms with Crippen molar-refractivity contribution in [1.82, 2.24) is 10.6 Å². The molecular weight excluding hydrogens is 391 g/mol. The molecule has 5 nitrogen and oxygen atoms in total. The first-order valence-electron chi connectivity index (χ1n) is 10.0. The third-order valence-corrected chi connectivity index (χ3v) is 5.21. The SMILES string of the molecule is CCNC(=NCc1ccc(N2CCC(O)CC2)c(F)c1)NCc1ccc(Cl)cc1. The molecule has 2 aromatic carbocycles. The minimum absolute atomic E-state index is 0.242. The second-order valence-corrected chi connectivity index (χ2v) is 7.62. The van der Waals surface area contributed by atoms with Gasteiger partial charge in [-0.3, -0.25) is 0 Å². The number of benzene rings is 2. The summed E-state index contributed by atoms with van der Waals surface area (Å²) in [5.41, 5.74) is 2.51. The largest absolute Gasteiger partial charge is 0.393 e. The van der Waals surface area contributed by atoms with Crippen LogP contribution in [0.4, 0.5) is 10.1 Å². The van der Waals surface area contributed by atoms with Gasteiger partial charge in [0, 0.05) is 31.2 Å². The Morgan fingerprint density at radius 1 is 1.14 bits per heavy atom. The number of hydrogen-bond acceptors (Lipinski definition) is 3. The Morgan fingerprint density at radius 2 is 1.83 bits per heavy atom. The van der Waals surface area contributed by atoms with Crippen molar-refractivity contribution in [2.24, 2.45) is 4.99 Å². The smallest absolute Gasteiger partial charge is 0.191 e. The molecule has 0 saturated carbocycles. The van der Waals surface area contributed by atoms with Crippen LogP contribution in [0.25, 0.3) is 0 Å². The van der Waals surface area contributed by atoms with Crippen LogP contribution in [0.2, 0.25) is 5.02 Å². The number of piperidine rings is 1. The molecule has 0 atom stereocenters. The summed E-state index contributed by atoms with van der Waals surface area (Å²) in [4.78, 5) is 6.56. The van der Waals surface area contributed by atoms with Crippen LogP contribution in [-0.4, -0.2) is 36.8 Å². The van der Waals surface area contributed by atoms with Crippen molar-refractivity contribution < 1.29 is 9.50 Å². The molecule has 0 radical (unpaired) electrons. The van der Waals surface area contributed by atoms with E-state index in [1.54, 1.807) is 6.07 Å². The predicted octanol–water partition coefficient (Wildman–Crippen LogP) is 3.70. The van der Waals surface area contributed by atoms with Gasteiger partial charge < -0.3 is 20.6 Å². The highest BCUT2D eigenvalue weighted by molar-refractivity contribution is 6.30. The highest BCUT2D eigenvalue weighted by Crippen LogP contribution is 2.24. The van der Waals surface area contributed by atoms with Crippen LogP contribution < -0.4 is 15.5 Å². The van der Waals surface area contributed by atoms with Gasteiger partial charge in [-0.2, -0.15) is 0 Å². The number of guanidine groups is 1. The van der Waals surface area contributed by atoms with Crippen molar-refractivity contribution in [2.45, 2.75) is 39.0 Å². The zero-order valence-corrected chi connectivity index (χ0v) is 17.4. The summed E-state index contributed by atoms with van der Waals surface area (Å²) in [6.45, 7) is 5.09. The lowest BCUT2D eigenvalue weighted by molar-refractivity contribution is 0.145. The highest BCUT2D eigenvalue weighted by atomic mass is 35.5. The molecule has 1 fully saturated rings. The number of aliphatic hydroxyl groups excluding tert-OH is 1. The Bertz CT molecular complexity index is 820. The molecule has 0 amide bonds. The fraction of sp³-hybridized carbons (Fsp3) is 0.409. The van der Waals surface area contributed by atoms with Gasteiger partial charge in [0.15, 0.2) is 5.96 Å². The van der Waals surface area contributed by atoms with Crippen LogP contribution in [0.5, 0.6) is 0 Å². The Balaban J connectivity index is 1.61. The summed E-state index contributed by atoms with van der Waals surface area (Å²) in [5.74, 6) is 0.435. The molecule has 156 valence electrons. The predicted molar refractivity (Wildman–Crippen MR) is 117 cm³/mol. The molecule has 7 heteroatoms. The third-order valence-electron chi connectivity index (χ3n) is 4.95. The topological polar surface area (TPSA) is 59.9 Å². The van der Waals surface area contributed by atoms with Gasteiger partial charge in [0.25, 0.3) is 0 Å². The standard InChI is InChI=1S/C22H28ClFN4O/c1-2-25-22(26-14-16-3-6-18(23)7-4-16)27-15-17-5-8-21(20(24)13-17)28-11-9-19(29)10-12-28/h3-8,13,19,29H,2,9-12,14-15H2,1H3,(H2,25,26,27). The Kier molecular flexibility index (Phi) is 7.72. The second kappa shape index (κ2) is 10.5. The second-order valence-electron chi connectivity index (χ2n) is 7.18. The van der Waals surface area contributed by atoms with Crippen molar-refractivity contribution in [3.05, 3.63) is 64.4 Å². The summed E-state index contributed by atoms with van der Waals surface area (Å²) >= 11 is 5.92. The summed E-state index contributed by atoms with van der Waals surface area (Å²) in [7, 11) is 0. The van der Waals surface area contributed by atoms with E-state index in [2.05, 4.69) is 15.6 Å². The highest BCUT2D eigenvalue weighted by Gasteiger charge is 2.19. The monoisotopic (exact) mass is 418 g/mol. The average Bonchev–Trinajstić information content (AvgIpc) is 2.72. The van der Waals surface area contributed by atoms with Crippen LogP contribution in [0.15, 0.2) is 47.5 Å². The molecule has 3 rings (SSSR count). The van der Waals surface area contributed by atoms with E-state index in [4.69, 9.17) is 11.6 Å². The molecule has 0 spiro atoms. The van der Waals surface area contributed by atoms with Gasteiger partial charge in [-0.25, -0.2) is 9.38 Å². The van der Waals surface area contributed by atoms with Crippen LogP contribution in [-0.2, 0) is 13.1 Å². The van der Waals surface area contributed by atoms with E-state index in [9.17, 15) is 9.50 Å². The van der Waals surface area contributed by atoms with Gasteiger partial charge in [-0.1, -0.05) is 29.8 Å². The maximum absolute atomic E-state index is 14.6. The van der Waals surface area contributed by atoms with E-state index in [0.717, 1.165) is 17.7 Å². The minimum Gasteiger partial charge on any atom is -0.393 e. The molecule has 1 saturated heterocycles. The van der Waals surface area contributed by atoms with Crippen LogP contribution >= 0.6 is 11.6 Å². The lowest BCUT2D eigenvalue weighted by atomic mass is 10.1. The van der Waals surface area contributed by atoms with E-state index in [-0.39, 0.29) is 11.9 Å². The molecule has 0 bridgehead atoms. The minimum atomic E-state index is -0.271. The average molecular weight is 419 g/mol. The molecule has 29 heavy (non-hydrogen) atoms. The molecule has 1 aliphatic rings. The van der Waals surface area contributed by atoms with E-state index in [0.29, 0.717) is 55.7 Å². The maximum atomic E-state index is 14.6. The molecule has 0 aromatic heterocycles. The number of nitrogens with one attached hydrogen (secondary N) is 2. The molecule has 1 heterocycles. The number of aliphatic hydroxyl groups is 1. The number of aliphatic imine (C=N–C) groups is 1. The van der Waals surface area contributed by atoms with E-state index in [1.807, 2.05) is 48.2 Å². The van der Waals surface area contributed by atoms with Crippen molar-refractivity contribution in [2.75, 3.05) is 24.5 Å². The molecule has 0 unspecified atom stereocenters. The fourth-order valence-corrected chi connectivity index (χ4v) is 3.44. The molecular formula is C22H28ClFN4O. The lowest BCUT2D eigenvalue weighted by Crippen LogP contribution is -2.36. The number of hydrogen-bond donors (Lipinski definition) is 3.